The van der Waals surface area contributed by atoms with E-state index >= 15 is 0 Å². The molecule has 35 heavy (non-hydrogen) atoms. The van der Waals surface area contributed by atoms with Crippen molar-refractivity contribution in [2.75, 3.05) is 0 Å². The van der Waals surface area contributed by atoms with Gasteiger partial charge in [0.05, 0.1) is 0 Å². The van der Waals surface area contributed by atoms with Crippen LogP contribution in [0.15, 0.2) is 133 Å². The van der Waals surface area contributed by atoms with Gasteiger partial charge in [0, 0.05) is 0 Å². The van der Waals surface area contributed by atoms with Gasteiger partial charge in [-0.25, -0.2) is 0 Å². The first-order chi connectivity index (χ1) is 15.8. The molecule has 0 bridgehead atoms. The van der Waals surface area contributed by atoms with Gasteiger partial charge in [-0.2, -0.15) is 12.1 Å². The van der Waals surface area contributed by atoms with Crippen LogP contribution in [0, 0.1) is 6.92 Å². The molecule has 0 atom stereocenters. The van der Waals surface area contributed by atoms with E-state index in [1.54, 1.807) is 0 Å². The van der Waals surface area contributed by atoms with E-state index in [-0.39, 0.29) is 51.0 Å². The van der Waals surface area contributed by atoms with E-state index in [0.29, 0.717) is 0 Å². The Bertz CT molecular complexity index is 1330. The van der Waals surface area contributed by atoms with Gasteiger partial charge in [0.15, 0.2) is 0 Å². The normalized spacial score (nSPS) is 10.0. The number of hydrogen-bond acceptors (Lipinski definition) is 0. The number of fused-ring (bicyclic) bond motifs is 2. The van der Waals surface area contributed by atoms with Crippen molar-refractivity contribution >= 4 is 45.4 Å². The Kier molecular flexibility index (Phi) is 11.6. The minimum absolute atomic E-state index is 0. The SMILES string of the molecule is Cc1cc2ccccc2[cH-]1.[Cl-].[Cl-].[Zr+4].c1ccc(P(c2ccccc2)c2cc3ccccc3[cH-]2)cc1. The van der Waals surface area contributed by atoms with Crippen LogP contribution in [-0.2, 0) is 26.2 Å². The summed E-state index contributed by atoms with van der Waals surface area (Å²) in [5.74, 6) is 0. The first-order valence-corrected chi connectivity index (χ1v) is 12.3. The second-order valence-corrected chi connectivity index (χ2v) is 10.2. The first kappa shape index (κ1) is 29.2. The molecule has 0 N–H and O–H groups in total. The Morgan fingerprint density at radius 2 is 0.943 bits per heavy atom. The van der Waals surface area contributed by atoms with Crippen molar-refractivity contribution in [3.63, 3.8) is 0 Å². The van der Waals surface area contributed by atoms with Gasteiger partial charge in [-0.15, -0.1) is 80.9 Å². The van der Waals surface area contributed by atoms with Crippen molar-refractivity contribution in [2.24, 2.45) is 0 Å². The van der Waals surface area contributed by atoms with Crippen molar-refractivity contribution < 1.29 is 51.0 Å². The van der Waals surface area contributed by atoms with E-state index in [9.17, 15) is 0 Å². The van der Waals surface area contributed by atoms with Crippen molar-refractivity contribution in [1.82, 2.24) is 0 Å². The minimum atomic E-state index is -0.493. The fourth-order valence-corrected chi connectivity index (χ4v) is 6.54. The van der Waals surface area contributed by atoms with E-state index in [2.05, 4.69) is 140 Å². The number of rotatable bonds is 3. The molecule has 0 radical (unpaired) electrons. The van der Waals surface area contributed by atoms with Gasteiger partial charge in [0.2, 0.25) is 0 Å². The average molecular weight is 591 g/mol. The number of halogens is 2. The van der Waals surface area contributed by atoms with Crippen molar-refractivity contribution in [2.45, 2.75) is 6.92 Å². The van der Waals surface area contributed by atoms with E-state index in [0.717, 1.165) is 0 Å². The Labute approximate surface area is 240 Å². The first-order valence-electron chi connectivity index (χ1n) is 11.0. The number of benzene rings is 4. The van der Waals surface area contributed by atoms with E-state index in [4.69, 9.17) is 0 Å². The van der Waals surface area contributed by atoms with Gasteiger partial charge in [-0.05, 0) is 18.5 Å². The molecule has 0 spiro atoms. The van der Waals surface area contributed by atoms with Crippen molar-refractivity contribution in [1.29, 1.82) is 0 Å². The fourth-order valence-electron chi connectivity index (χ4n) is 4.17. The van der Waals surface area contributed by atoms with Gasteiger partial charge in [0.1, 0.15) is 0 Å². The van der Waals surface area contributed by atoms with E-state index in [1.807, 2.05) is 0 Å². The molecule has 0 aliphatic rings. The molecule has 6 aromatic carbocycles. The molecule has 0 heterocycles. The maximum Gasteiger partial charge on any atom is 4.00 e. The molecule has 0 aliphatic carbocycles. The maximum absolute atomic E-state index is 2.35. The predicted octanol–water partition coefficient (Wildman–Crippen LogP) is 1.19. The Hall–Kier alpha value is -2.01. The van der Waals surface area contributed by atoms with Gasteiger partial charge >= 0.3 is 26.2 Å². The topological polar surface area (TPSA) is 0 Å². The summed E-state index contributed by atoms with van der Waals surface area (Å²) in [5, 5.41) is 9.58. The monoisotopic (exact) mass is 588 g/mol. The van der Waals surface area contributed by atoms with Crippen molar-refractivity contribution in [3.05, 3.63) is 139 Å². The van der Waals surface area contributed by atoms with Crippen LogP contribution in [-0.4, -0.2) is 0 Å². The standard InChI is InChI=1S/C21H16P.C10H9.2ClH.Zr/c1-3-11-19(12-4-1)22(20-13-5-2-6-14-20)21-15-17-9-7-8-10-18(17)16-21;1-8-6-9-4-2-3-5-10(9)7-8;;;/h1-16H;2-7H,1H3;2*1H;/q2*-1;;;+4/p-2. The Balaban J connectivity index is 0.000000284. The third-order valence-electron chi connectivity index (χ3n) is 5.65. The minimum Gasteiger partial charge on any atom is -1.00 e. The molecule has 0 aliphatic heterocycles. The second kappa shape index (κ2) is 13.9. The number of aryl methyl sites for hydroxylation is 1. The maximum atomic E-state index is 2.35. The molecule has 172 valence electrons. The molecule has 0 nitrogen and oxygen atoms in total. The summed E-state index contributed by atoms with van der Waals surface area (Å²) in [6.07, 6.45) is 0. The molecule has 0 amide bonds. The zero-order valence-corrected chi connectivity index (χ0v) is 24.3. The summed E-state index contributed by atoms with van der Waals surface area (Å²) in [6.45, 7) is 2.12. The van der Waals surface area contributed by atoms with Crippen LogP contribution < -0.4 is 40.7 Å². The molecule has 0 saturated carbocycles. The summed E-state index contributed by atoms with van der Waals surface area (Å²) in [7, 11) is -0.493. The molecule has 6 rings (SSSR count). The van der Waals surface area contributed by atoms with Crippen LogP contribution in [0.1, 0.15) is 5.56 Å². The second-order valence-electron chi connectivity index (χ2n) is 8.01. The fraction of sp³-hybridized carbons (Fsp3) is 0.0323. The van der Waals surface area contributed by atoms with Crippen LogP contribution in [0.2, 0.25) is 0 Å². The van der Waals surface area contributed by atoms with Gasteiger partial charge in [-0.3, -0.25) is 0 Å². The van der Waals surface area contributed by atoms with Crippen LogP contribution in [0.5, 0.6) is 0 Å². The average Bonchev–Trinajstić information content (AvgIpc) is 3.43. The summed E-state index contributed by atoms with van der Waals surface area (Å²) in [4.78, 5) is 0. The van der Waals surface area contributed by atoms with E-state index in [1.165, 1.54) is 43.0 Å². The quantitative estimate of drug-likeness (QED) is 0.215. The van der Waals surface area contributed by atoms with Gasteiger partial charge < -0.3 is 24.8 Å². The van der Waals surface area contributed by atoms with Crippen LogP contribution >= 0.6 is 7.92 Å². The summed E-state index contributed by atoms with van der Waals surface area (Å²) in [6, 6.07) is 47.8. The molecule has 0 aromatic heterocycles. The molecular formula is C31H25Cl2PZr. The van der Waals surface area contributed by atoms with Gasteiger partial charge in [-0.1, -0.05) is 79.7 Å². The molecular weight excluding hydrogens is 565 g/mol. The third kappa shape index (κ3) is 7.03. The Morgan fingerprint density at radius 3 is 1.43 bits per heavy atom. The zero-order chi connectivity index (χ0) is 21.8. The van der Waals surface area contributed by atoms with Gasteiger partial charge in [0.25, 0.3) is 0 Å². The molecule has 4 heteroatoms. The Morgan fingerprint density at radius 1 is 0.514 bits per heavy atom. The molecule has 0 fully saturated rings. The summed E-state index contributed by atoms with van der Waals surface area (Å²) < 4.78 is 0. The van der Waals surface area contributed by atoms with Crippen LogP contribution in [0.3, 0.4) is 0 Å². The smallest absolute Gasteiger partial charge is 1.00 e. The van der Waals surface area contributed by atoms with E-state index < -0.39 is 7.92 Å². The van der Waals surface area contributed by atoms with Crippen LogP contribution in [0.4, 0.5) is 0 Å². The van der Waals surface area contributed by atoms with Crippen LogP contribution in [0.25, 0.3) is 21.5 Å². The predicted molar refractivity (Wildman–Crippen MR) is 143 cm³/mol. The van der Waals surface area contributed by atoms with Crippen molar-refractivity contribution in [3.8, 4) is 0 Å². The third-order valence-corrected chi connectivity index (χ3v) is 8.06. The molecule has 0 unspecified atom stereocenters. The molecule has 0 saturated heterocycles. The zero-order valence-electron chi connectivity index (χ0n) is 19.4. The molecule has 6 aromatic rings. The summed E-state index contributed by atoms with van der Waals surface area (Å²) in [5.41, 5.74) is 1.35. The largest absolute Gasteiger partial charge is 4.00 e. The summed E-state index contributed by atoms with van der Waals surface area (Å²) >= 11 is 0. The number of hydrogen-bond donors (Lipinski definition) is 0.